The van der Waals surface area contributed by atoms with Gasteiger partial charge in [-0.2, -0.15) is 0 Å². The van der Waals surface area contributed by atoms with Crippen molar-refractivity contribution in [2.45, 2.75) is 31.4 Å². The summed E-state index contributed by atoms with van der Waals surface area (Å²) in [5.74, 6) is -2.46. The number of fused-ring (bicyclic) bond motifs is 1. The molecule has 0 N–H and O–H groups in total. The Morgan fingerprint density at radius 3 is 2.85 bits per heavy atom. The minimum Gasteiger partial charge on any atom is -0.374 e. The molecule has 1 amide bonds. The van der Waals surface area contributed by atoms with E-state index in [9.17, 15) is 13.6 Å². The van der Waals surface area contributed by atoms with Crippen molar-refractivity contribution in [2.75, 3.05) is 13.2 Å². The molecule has 0 bridgehead atoms. The highest BCUT2D eigenvalue weighted by molar-refractivity contribution is 6.33. The summed E-state index contributed by atoms with van der Waals surface area (Å²) in [6.07, 6.45) is 2.86. The molecule has 2 atom stereocenters. The van der Waals surface area contributed by atoms with E-state index in [-0.39, 0.29) is 28.6 Å². The average Bonchev–Trinajstić information content (AvgIpc) is 2.90. The lowest BCUT2D eigenvalue weighted by Crippen LogP contribution is -2.51. The minimum atomic E-state index is -1.06. The second-order valence-electron chi connectivity index (χ2n) is 5.15. The van der Waals surface area contributed by atoms with Crippen LogP contribution in [0.5, 0.6) is 0 Å². The molecular weight excluding hydrogens is 288 g/mol. The number of hydrogen-bond acceptors (Lipinski definition) is 2. The highest BCUT2D eigenvalue weighted by atomic mass is 35.5. The number of carbonyl (C=O) groups is 1. The van der Waals surface area contributed by atoms with E-state index in [0.717, 1.165) is 31.4 Å². The van der Waals surface area contributed by atoms with Crippen LogP contribution in [-0.2, 0) is 4.74 Å². The van der Waals surface area contributed by atoms with Gasteiger partial charge in [-0.3, -0.25) is 4.79 Å². The third-order valence-corrected chi connectivity index (χ3v) is 4.30. The van der Waals surface area contributed by atoms with Gasteiger partial charge >= 0.3 is 0 Å². The summed E-state index contributed by atoms with van der Waals surface area (Å²) in [7, 11) is 0. The average molecular weight is 302 g/mol. The molecule has 1 heterocycles. The predicted molar refractivity (Wildman–Crippen MR) is 69.8 cm³/mol. The molecule has 2 unspecified atom stereocenters. The summed E-state index contributed by atoms with van der Waals surface area (Å²) >= 11 is 5.87. The molecule has 3 nitrogen and oxygen atoms in total. The molecule has 1 aliphatic heterocycles. The van der Waals surface area contributed by atoms with Gasteiger partial charge in [-0.1, -0.05) is 11.6 Å². The van der Waals surface area contributed by atoms with Crippen molar-refractivity contribution < 1.29 is 18.3 Å². The molecule has 20 heavy (non-hydrogen) atoms. The zero-order chi connectivity index (χ0) is 14.3. The standard InChI is InChI=1S/C14H14ClF2NO2/c15-9-7-11(17)10(16)6-8(9)14(19)18-4-5-20-13-3-1-2-12(13)18/h6-7,12-13H,1-5H2. The molecule has 0 spiro atoms. The number of carbonyl (C=O) groups excluding carboxylic acids is 1. The van der Waals surface area contributed by atoms with Crippen molar-refractivity contribution in [3.63, 3.8) is 0 Å². The Kier molecular flexibility index (Phi) is 3.65. The number of hydrogen-bond donors (Lipinski definition) is 0. The van der Waals surface area contributed by atoms with Gasteiger partial charge in [0.15, 0.2) is 11.6 Å². The number of rotatable bonds is 1. The smallest absolute Gasteiger partial charge is 0.255 e. The zero-order valence-corrected chi connectivity index (χ0v) is 11.5. The summed E-state index contributed by atoms with van der Waals surface area (Å²) in [6.45, 7) is 0.920. The molecular formula is C14H14ClF2NO2. The van der Waals surface area contributed by atoms with Gasteiger partial charge in [0.1, 0.15) is 0 Å². The minimum absolute atomic E-state index is 0.0121. The Morgan fingerprint density at radius 2 is 2.05 bits per heavy atom. The fourth-order valence-electron chi connectivity index (χ4n) is 3.02. The van der Waals surface area contributed by atoms with E-state index in [2.05, 4.69) is 0 Å². The van der Waals surface area contributed by atoms with Crippen LogP contribution < -0.4 is 0 Å². The lowest BCUT2D eigenvalue weighted by atomic mass is 10.1. The van der Waals surface area contributed by atoms with Crippen LogP contribution in [0.2, 0.25) is 5.02 Å². The summed E-state index contributed by atoms with van der Waals surface area (Å²) in [5, 5.41) is -0.0602. The summed E-state index contributed by atoms with van der Waals surface area (Å²) in [5.41, 5.74) is 0.0121. The Balaban J connectivity index is 1.90. The number of benzene rings is 1. The van der Waals surface area contributed by atoms with Crippen molar-refractivity contribution in [2.24, 2.45) is 0 Å². The maximum Gasteiger partial charge on any atom is 0.255 e. The van der Waals surface area contributed by atoms with Crippen molar-refractivity contribution >= 4 is 17.5 Å². The predicted octanol–water partition coefficient (Wildman–Crippen LogP) is 3.01. The Morgan fingerprint density at radius 1 is 1.30 bits per heavy atom. The van der Waals surface area contributed by atoms with E-state index >= 15 is 0 Å². The molecule has 3 rings (SSSR count). The Hall–Kier alpha value is -1.20. The molecule has 6 heteroatoms. The highest BCUT2D eigenvalue weighted by Gasteiger charge is 2.39. The SMILES string of the molecule is O=C(c1cc(F)c(F)cc1Cl)N1CCOC2CCCC21. The van der Waals surface area contributed by atoms with Crippen molar-refractivity contribution in [3.05, 3.63) is 34.4 Å². The lowest BCUT2D eigenvalue weighted by molar-refractivity contribution is -0.0445. The number of ether oxygens (including phenoxy) is 1. The summed E-state index contributed by atoms with van der Waals surface area (Å²) in [6, 6.07) is 1.73. The number of nitrogens with zero attached hydrogens (tertiary/aromatic N) is 1. The highest BCUT2D eigenvalue weighted by Crippen LogP contribution is 2.32. The lowest BCUT2D eigenvalue weighted by Gasteiger charge is -2.37. The topological polar surface area (TPSA) is 29.5 Å². The molecule has 1 saturated carbocycles. The van der Waals surface area contributed by atoms with Crippen LogP contribution in [0.4, 0.5) is 8.78 Å². The van der Waals surface area contributed by atoms with Gasteiger partial charge in [0.2, 0.25) is 0 Å². The van der Waals surface area contributed by atoms with Gasteiger partial charge in [-0.25, -0.2) is 8.78 Å². The van der Waals surface area contributed by atoms with E-state index in [0.29, 0.717) is 13.2 Å². The van der Waals surface area contributed by atoms with Crippen LogP contribution >= 0.6 is 11.6 Å². The first kappa shape index (κ1) is 13.8. The van der Waals surface area contributed by atoms with Gasteiger partial charge in [0.05, 0.1) is 29.3 Å². The maximum atomic E-state index is 13.3. The zero-order valence-electron chi connectivity index (χ0n) is 10.7. The van der Waals surface area contributed by atoms with Crippen molar-refractivity contribution in [3.8, 4) is 0 Å². The molecule has 0 aromatic heterocycles. The number of halogens is 3. The van der Waals surface area contributed by atoms with E-state index in [1.165, 1.54) is 0 Å². The molecule has 1 saturated heterocycles. The first-order valence-corrected chi connectivity index (χ1v) is 7.03. The first-order chi connectivity index (χ1) is 9.58. The summed E-state index contributed by atoms with van der Waals surface area (Å²) < 4.78 is 32.0. The van der Waals surface area contributed by atoms with Crippen molar-refractivity contribution in [1.82, 2.24) is 4.90 Å². The second kappa shape index (κ2) is 5.30. The largest absolute Gasteiger partial charge is 0.374 e. The second-order valence-corrected chi connectivity index (χ2v) is 5.56. The van der Waals surface area contributed by atoms with Gasteiger partial charge in [-0.05, 0) is 31.4 Å². The number of amides is 1. The van der Waals surface area contributed by atoms with Crippen LogP contribution in [0.3, 0.4) is 0 Å². The third-order valence-electron chi connectivity index (χ3n) is 3.98. The Labute approximate surface area is 120 Å². The molecule has 108 valence electrons. The molecule has 1 aliphatic carbocycles. The fraction of sp³-hybridized carbons (Fsp3) is 0.500. The van der Waals surface area contributed by atoms with Gasteiger partial charge in [0.25, 0.3) is 5.91 Å². The van der Waals surface area contributed by atoms with Gasteiger partial charge < -0.3 is 9.64 Å². The van der Waals surface area contributed by atoms with E-state index < -0.39 is 11.6 Å². The third kappa shape index (κ3) is 2.29. The van der Waals surface area contributed by atoms with Crippen molar-refractivity contribution in [1.29, 1.82) is 0 Å². The van der Waals surface area contributed by atoms with Crippen LogP contribution in [-0.4, -0.2) is 36.1 Å². The molecule has 0 radical (unpaired) electrons. The van der Waals surface area contributed by atoms with E-state index in [1.54, 1.807) is 4.90 Å². The first-order valence-electron chi connectivity index (χ1n) is 6.65. The van der Waals surface area contributed by atoms with E-state index in [4.69, 9.17) is 16.3 Å². The molecule has 2 aliphatic rings. The summed E-state index contributed by atoms with van der Waals surface area (Å²) in [4.78, 5) is 14.2. The normalized spacial score (nSPS) is 25.6. The molecule has 1 aromatic carbocycles. The quantitative estimate of drug-likeness (QED) is 0.746. The van der Waals surface area contributed by atoms with Crippen LogP contribution in [0, 0.1) is 11.6 Å². The number of morpholine rings is 1. The molecule has 1 aromatic rings. The Bertz CT molecular complexity index is 552. The van der Waals surface area contributed by atoms with Gasteiger partial charge in [-0.15, -0.1) is 0 Å². The van der Waals surface area contributed by atoms with Crippen LogP contribution in [0.1, 0.15) is 29.6 Å². The van der Waals surface area contributed by atoms with Gasteiger partial charge in [0, 0.05) is 6.54 Å². The van der Waals surface area contributed by atoms with E-state index in [1.807, 2.05) is 0 Å². The maximum absolute atomic E-state index is 13.3. The molecule has 2 fully saturated rings. The van der Waals surface area contributed by atoms with Crippen LogP contribution in [0.25, 0.3) is 0 Å². The van der Waals surface area contributed by atoms with Crippen LogP contribution in [0.15, 0.2) is 12.1 Å². The fourth-order valence-corrected chi connectivity index (χ4v) is 3.25. The monoisotopic (exact) mass is 301 g/mol.